The maximum absolute atomic E-state index is 12.7. The fraction of sp³-hybridized carbons (Fsp3) is 0.250. The number of rotatable bonds is 6. The van der Waals surface area contributed by atoms with Crippen LogP contribution >= 0.6 is 0 Å². The number of sulfonamides is 1. The Labute approximate surface area is 169 Å². The van der Waals surface area contributed by atoms with E-state index in [1.807, 2.05) is 30.3 Å². The van der Waals surface area contributed by atoms with Gasteiger partial charge in [-0.2, -0.15) is 0 Å². The highest BCUT2D eigenvalue weighted by molar-refractivity contribution is 7.89. The lowest BCUT2D eigenvalue weighted by Crippen LogP contribution is -2.22. The summed E-state index contributed by atoms with van der Waals surface area (Å²) in [5.41, 5.74) is 1.50. The van der Waals surface area contributed by atoms with Gasteiger partial charge in [0.15, 0.2) is 6.10 Å². The minimum atomic E-state index is -3.67. The summed E-state index contributed by atoms with van der Waals surface area (Å²) in [7, 11) is -0.821. The smallest absolute Gasteiger partial charge is 0.339 e. The van der Waals surface area contributed by atoms with Crippen molar-refractivity contribution in [2.24, 2.45) is 0 Å². The molecule has 2 aromatic carbocycles. The van der Waals surface area contributed by atoms with Gasteiger partial charge in [0.05, 0.1) is 10.5 Å². The van der Waals surface area contributed by atoms with E-state index in [4.69, 9.17) is 9.15 Å². The molecule has 9 heteroatoms. The molecule has 0 amide bonds. The number of esters is 1. The van der Waals surface area contributed by atoms with Crippen LogP contribution in [0.1, 0.15) is 34.8 Å². The van der Waals surface area contributed by atoms with Gasteiger partial charge in [0.2, 0.25) is 15.9 Å². The third kappa shape index (κ3) is 4.36. The predicted octanol–water partition coefficient (Wildman–Crippen LogP) is 3.21. The summed E-state index contributed by atoms with van der Waals surface area (Å²) in [6.07, 6.45) is -0.805. The van der Waals surface area contributed by atoms with Gasteiger partial charge in [-0.1, -0.05) is 24.3 Å². The van der Waals surface area contributed by atoms with E-state index in [0.29, 0.717) is 11.5 Å². The Morgan fingerprint density at radius 3 is 2.45 bits per heavy atom. The zero-order valence-corrected chi connectivity index (χ0v) is 17.3. The second-order valence-electron chi connectivity index (χ2n) is 6.62. The van der Waals surface area contributed by atoms with Gasteiger partial charge in [-0.05, 0) is 43.7 Å². The van der Waals surface area contributed by atoms with Crippen LogP contribution in [0.3, 0.4) is 0 Å². The number of hydrogen-bond acceptors (Lipinski definition) is 7. The summed E-state index contributed by atoms with van der Waals surface area (Å²) in [5.74, 6) is -0.212. The fourth-order valence-corrected chi connectivity index (χ4v) is 3.49. The highest BCUT2D eigenvalue weighted by atomic mass is 32.2. The summed E-state index contributed by atoms with van der Waals surface area (Å²) in [6.45, 7) is 3.31. The van der Waals surface area contributed by atoms with Gasteiger partial charge in [0, 0.05) is 19.7 Å². The Kier molecular flexibility index (Phi) is 5.81. The summed E-state index contributed by atoms with van der Waals surface area (Å²) < 4.78 is 36.8. The average Bonchev–Trinajstić information content (AvgIpc) is 3.19. The lowest BCUT2D eigenvalue weighted by molar-refractivity contribution is 0.0278. The van der Waals surface area contributed by atoms with Crippen molar-refractivity contribution >= 4 is 16.0 Å². The number of aromatic nitrogens is 2. The Hall–Kier alpha value is -3.04. The molecule has 0 N–H and O–H groups in total. The topological polar surface area (TPSA) is 103 Å². The Morgan fingerprint density at radius 2 is 1.79 bits per heavy atom. The van der Waals surface area contributed by atoms with Crippen molar-refractivity contribution in [3.05, 3.63) is 65.5 Å². The molecular weight excluding hydrogens is 394 g/mol. The van der Waals surface area contributed by atoms with Crippen LogP contribution < -0.4 is 0 Å². The molecule has 0 aliphatic rings. The van der Waals surface area contributed by atoms with Crippen molar-refractivity contribution in [3.8, 4) is 11.5 Å². The van der Waals surface area contributed by atoms with Gasteiger partial charge >= 0.3 is 5.97 Å². The minimum absolute atomic E-state index is 0.0110. The molecule has 0 saturated heterocycles. The zero-order chi connectivity index (χ0) is 21.2. The number of hydrogen-bond donors (Lipinski definition) is 0. The second-order valence-corrected chi connectivity index (χ2v) is 8.78. The molecule has 152 valence electrons. The quantitative estimate of drug-likeness (QED) is 0.570. The number of carbonyl (C=O) groups excluding carboxylic acids is 1. The second kappa shape index (κ2) is 8.14. The minimum Gasteiger partial charge on any atom is -0.449 e. The Morgan fingerprint density at radius 1 is 1.10 bits per heavy atom. The van der Waals surface area contributed by atoms with Gasteiger partial charge in [-0.3, -0.25) is 0 Å². The van der Waals surface area contributed by atoms with Gasteiger partial charge < -0.3 is 9.15 Å². The summed E-state index contributed by atoms with van der Waals surface area (Å²) in [5, 5.41) is 7.92. The molecule has 0 saturated carbocycles. The van der Waals surface area contributed by atoms with Crippen molar-refractivity contribution < 1.29 is 22.4 Å². The molecule has 8 nitrogen and oxygen atoms in total. The van der Waals surface area contributed by atoms with Crippen LogP contribution in [-0.4, -0.2) is 43.0 Å². The van der Waals surface area contributed by atoms with Crippen LogP contribution in [0.5, 0.6) is 0 Å². The maximum Gasteiger partial charge on any atom is 0.339 e. The highest BCUT2D eigenvalue weighted by Crippen LogP contribution is 2.24. The molecule has 0 spiro atoms. The van der Waals surface area contributed by atoms with Crippen LogP contribution in [0.2, 0.25) is 0 Å². The number of benzene rings is 2. The number of nitrogens with zero attached hydrogens (tertiary/aromatic N) is 3. The van der Waals surface area contributed by atoms with Crippen LogP contribution in [0, 0.1) is 6.92 Å². The van der Waals surface area contributed by atoms with Crippen molar-refractivity contribution in [1.82, 2.24) is 14.5 Å². The predicted molar refractivity (Wildman–Crippen MR) is 106 cm³/mol. The Balaban J connectivity index is 1.81. The average molecular weight is 415 g/mol. The molecule has 1 atom stereocenters. The van der Waals surface area contributed by atoms with E-state index in [1.165, 1.54) is 26.2 Å². The van der Waals surface area contributed by atoms with Crippen molar-refractivity contribution in [2.75, 3.05) is 14.1 Å². The third-order valence-electron chi connectivity index (χ3n) is 4.30. The SMILES string of the molecule is Cc1ccc(S(=O)(=O)N(C)C)cc1C(=O)O[C@H](C)c1nnc(-c2ccccc2)o1. The van der Waals surface area contributed by atoms with Crippen LogP contribution in [0.25, 0.3) is 11.5 Å². The molecule has 3 rings (SSSR count). The molecule has 1 heterocycles. The monoisotopic (exact) mass is 415 g/mol. The van der Waals surface area contributed by atoms with E-state index in [-0.39, 0.29) is 16.3 Å². The van der Waals surface area contributed by atoms with E-state index >= 15 is 0 Å². The normalized spacial score (nSPS) is 12.7. The molecule has 0 fully saturated rings. The fourth-order valence-electron chi connectivity index (χ4n) is 2.56. The molecule has 0 aliphatic heterocycles. The summed E-state index contributed by atoms with van der Waals surface area (Å²) in [6, 6.07) is 13.6. The van der Waals surface area contributed by atoms with Crippen LogP contribution in [-0.2, 0) is 14.8 Å². The van der Waals surface area contributed by atoms with Crippen LogP contribution in [0.15, 0.2) is 57.8 Å². The summed E-state index contributed by atoms with van der Waals surface area (Å²) in [4.78, 5) is 12.7. The van der Waals surface area contributed by atoms with Crippen molar-refractivity contribution in [2.45, 2.75) is 24.8 Å². The lowest BCUT2D eigenvalue weighted by Gasteiger charge is -2.14. The lowest BCUT2D eigenvalue weighted by atomic mass is 10.1. The van der Waals surface area contributed by atoms with Gasteiger partial charge in [0.1, 0.15) is 0 Å². The van der Waals surface area contributed by atoms with Crippen LogP contribution in [0.4, 0.5) is 0 Å². The summed E-state index contributed by atoms with van der Waals surface area (Å²) >= 11 is 0. The first-order chi connectivity index (χ1) is 13.7. The molecule has 1 aromatic heterocycles. The maximum atomic E-state index is 12.7. The molecule has 3 aromatic rings. The standard InChI is InChI=1S/C20H21N3O5S/c1-13-10-11-16(29(25,26)23(3)4)12-17(13)20(24)27-14(2)18-21-22-19(28-18)15-8-6-5-7-9-15/h5-12,14H,1-4H3/t14-/m1/s1. The van der Waals surface area contributed by atoms with Gasteiger partial charge in [0.25, 0.3) is 5.89 Å². The third-order valence-corrected chi connectivity index (χ3v) is 6.11. The van der Waals surface area contributed by atoms with Gasteiger partial charge in [-0.15, -0.1) is 10.2 Å². The first-order valence-corrected chi connectivity index (χ1v) is 10.3. The zero-order valence-electron chi connectivity index (χ0n) is 16.5. The van der Waals surface area contributed by atoms with E-state index in [1.54, 1.807) is 19.9 Å². The Bertz CT molecular complexity index is 1120. The number of aryl methyl sites for hydroxylation is 1. The van der Waals surface area contributed by atoms with Crippen molar-refractivity contribution in [3.63, 3.8) is 0 Å². The van der Waals surface area contributed by atoms with E-state index in [0.717, 1.165) is 9.87 Å². The van der Waals surface area contributed by atoms with E-state index in [9.17, 15) is 13.2 Å². The first kappa shape index (κ1) is 20.7. The molecule has 29 heavy (non-hydrogen) atoms. The molecule has 0 unspecified atom stereocenters. The highest BCUT2D eigenvalue weighted by Gasteiger charge is 2.24. The largest absolute Gasteiger partial charge is 0.449 e. The van der Waals surface area contributed by atoms with Gasteiger partial charge in [-0.25, -0.2) is 17.5 Å². The van der Waals surface area contributed by atoms with E-state index in [2.05, 4.69) is 10.2 Å². The van der Waals surface area contributed by atoms with E-state index < -0.39 is 22.1 Å². The molecule has 0 aliphatic carbocycles. The van der Waals surface area contributed by atoms with Crippen molar-refractivity contribution in [1.29, 1.82) is 0 Å². The molecular formula is C20H21N3O5S. The first-order valence-electron chi connectivity index (χ1n) is 8.83. The number of carbonyl (C=O) groups is 1. The number of ether oxygens (including phenoxy) is 1. The molecule has 0 radical (unpaired) electrons. The molecule has 0 bridgehead atoms.